The second kappa shape index (κ2) is 7.76. The first-order chi connectivity index (χ1) is 12.6. The first-order valence-electron chi connectivity index (χ1n) is 8.04. The van der Waals surface area contributed by atoms with Crippen molar-refractivity contribution >= 4 is 23.2 Å². The van der Waals surface area contributed by atoms with Gasteiger partial charge in [0.25, 0.3) is 0 Å². The first kappa shape index (κ1) is 18.2. The molecule has 0 aliphatic carbocycles. The number of ether oxygens (including phenoxy) is 2. The van der Waals surface area contributed by atoms with Crippen LogP contribution in [0.4, 0.5) is 5.95 Å². The van der Waals surface area contributed by atoms with E-state index < -0.39 is 0 Å². The summed E-state index contributed by atoms with van der Waals surface area (Å²) in [4.78, 5) is 8.79. The van der Waals surface area contributed by atoms with E-state index in [4.69, 9.17) is 26.2 Å². The molecule has 2 N–H and O–H groups in total. The van der Waals surface area contributed by atoms with Crippen molar-refractivity contribution in [2.45, 2.75) is 19.9 Å². The van der Waals surface area contributed by atoms with Crippen LogP contribution >= 0.6 is 11.6 Å². The highest BCUT2D eigenvalue weighted by molar-refractivity contribution is 6.30. The molecule has 8 nitrogen and oxygen atoms in total. The lowest BCUT2D eigenvalue weighted by Crippen LogP contribution is -2.10. The normalized spacial score (nSPS) is 11.0. The van der Waals surface area contributed by atoms with Gasteiger partial charge in [-0.1, -0.05) is 11.6 Å². The summed E-state index contributed by atoms with van der Waals surface area (Å²) in [5.41, 5.74) is 2.27. The summed E-state index contributed by atoms with van der Waals surface area (Å²) in [6, 6.07) is 5.59. The largest absolute Gasteiger partial charge is 0.497 e. The zero-order valence-electron chi connectivity index (χ0n) is 14.8. The van der Waals surface area contributed by atoms with Gasteiger partial charge in [-0.2, -0.15) is 4.52 Å². The Hall–Kier alpha value is -2.58. The van der Waals surface area contributed by atoms with E-state index in [1.807, 2.05) is 25.1 Å². The van der Waals surface area contributed by atoms with Gasteiger partial charge >= 0.3 is 0 Å². The highest BCUT2D eigenvalue weighted by Crippen LogP contribution is 2.26. The molecule has 0 fully saturated rings. The molecule has 0 amide bonds. The minimum absolute atomic E-state index is 0.0249. The molecule has 3 rings (SSSR count). The van der Waals surface area contributed by atoms with Gasteiger partial charge in [0, 0.05) is 30.2 Å². The van der Waals surface area contributed by atoms with Crippen molar-refractivity contribution in [3.63, 3.8) is 0 Å². The van der Waals surface area contributed by atoms with Gasteiger partial charge < -0.3 is 19.9 Å². The van der Waals surface area contributed by atoms with E-state index in [1.54, 1.807) is 18.7 Å². The van der Waals surface area contributed by atoms with Crippen LogP contribution in [-0.2, 0) is 13.0 Å². The zero-order chi connectivity index (χ0) is 18.7. The molecule has 2 heterocycles. The van der Waals surface area contributed by atoms with Gasteiger partial charge in [0.2, 0.25) is 5.95 Å². The van der Waals surface area contributed by atoms with Crippen LogP contribution in [0.1, 0.15) is 17.0 Å². The number of aliphatic hydroxyl groups excluding tert-OH is 1. The van der Waals surface area contributed by atoms with Crippen molar-refractivity contribution in [2.75, 3.05) is 26.1 Å². The zero-order valence-corrected chi connectivity index (χ0v) is 15.5. The second-order valence-corrected chi connectivity index (χ2v) is 5.98. The van der Waals surface area contributed by atoms with Crippen LogP contribution in [0.25, 0.3) is 5.65 Å². The molecule has 0 radical (unpaired) electrons. The van der Waals surface area contributed by atoms with Gasteiger partial charge in [-0.3, -0.25) is 0 Å². The molecule has 0 aliphatic rings. The Morgan fingerprint density at radius 1 is 1.23 bits per heavy atom. The molecule has 0 aliphatic heterocycles. The van der Waals surface area contributed by atoms with Gasteiger partial charge in [-0.15, -0.1) is 5.10 Å². The average molecular weight is 378 g/mol. The smallest absolute Gasteiger partial charge is 0.227 e. The second-order valence-electron chi connectivity index (χ2n) is 5.62. The van der Waals surface area contributed by atoms with Gasteiger partial charge in [0.1, 0.15) is 16.7 Å². The number of anilines is 1. The van der Waals surface area contributed by atoms with E-state index in [2.05, 4.69) is 20.4 Å². The van der Waals surface area contributed by atoms with Gasteiger partial charge in [0.15, 0.2) is 11.5 Å². The molecule has 0 spiro atoms. The fraction of sp³-hybridized carbons (Fsp3) is 0.353. The number of aryl methyl sites for hydroxylation is 1. The molecule has 2 aromatic heterocycles. The molecule has 9 heteroatoms. The topological polar surface area (TPSA) is 93.8 Å². The molecule has 26 heavy (non-hydrogen) atoms. The average Bonchev–Trinajstić information content (AvgIpc) is 3.08. The van der Waals surface area contributed by atoms with Crippen LogP contribution in [0, 0.1) is 6.92 Å². The number of fused-ring (bicyclic) bond motifs is 1. The van der Waals surface area contributed by atoms with E-state index in [1.165, 1.54) is 0 Å². The molecule has 0 unspecified atom stereocenters. The molecular weight excluding hydrogens is 358 g/mol. The summed E-state index contributed by atoms with van der Waals surface area (Å²) in [6.45, 7) is 2.26. The summed E-state index contributed by atoms with van der Waals surface area (Å²) in [6.07, 6.45) is 0.366. The predicted octanol–water partition coefficient (Wildman–Crippen LogP) is 2.25. The van der Waals surface area contributed by atoms with E-state index in [-0.39, 0.29) is 6.61 Å². The van der Waals surface area contributed by atoms with Crippen LogP contribution in [0.15, 0.2) is 18.2 Å². The van der Waals surface area contributed by atoms with Crippen molar-refractivity contribution in [3.8, 4) is 11.5 Å². The van der Waals surface area contributed by atoms with E-state index in [0.29, 0.717) is 41.3 Å². The van der Waals surface area contributed by atoms with E-state index >= 15 is 0 Å². The van der Waals surface area contributed by atoms with E-state index in [0.717, 1.165) is 16.9 Å². The third kappa shape index (κ3) is 3.51. The highest BCUT2D eigenvalue weighted by atomic mass is 35.5. The molecular formula is C17H20ClN5O3. The Labute approximate surface area is 155 Å². The van der Waals surface area contributed by atoms with Crippen LogP contribution < -0.4 is 14.8 Å². The summed E-state index contributed by atoms with van der Waals surface area (Å²) >= 11 is 6.24. The number of aliphatic hydroxyl groups is 1. The molecule has 138 valence electrons. The molecule has 0 bridgehead atoms. The van der Waals surface area contributed by atoms with Crippen molar-refractivity contribution in [3.05, 3.63) is 40.3 Å². The number of benzene rings is 1. The van der Waals surface area contributed by atoms with Crippen LogP contribution in [0.2, 0.25) is 5.15 Å². The molecule has 0 atom stereocenters. The SMILES string of the molecule is COc1ccc(CNc2nc(Cl)c(C)c3nc(CCO)nn23)c(OC)c1. The van der Waals surface area contributed by atoms with Gasteiger partial charge in [-0.05, 0) is 19.1 Å². The Balaban J connectivity index is 1.93. The van der Waals surface area contributed by atoms with Crippen LogP contribution in [0.3, 0.4) is 0 Å². The third-order valence-corrected chi connectivity index (χ3v) is 4.34. The fourth-order valence-corrected chi connectivity index (χ4v) is 2.72. The number of methoxy groups -OCH3 is 2. The number of aromatic nitrogens is 4. The monoisotopic (exact) mass is 377 g/mol. The molecule has 1 aromatic carbocycles. The van der Waals surface area contributed by atoms with Crippen LogP contribution in [0.5, 0.6) is 11.5 Å². The molecule has 0 saturated heterocycles. The van der Waals surface area contributed by atoms with Crippen molar-refractivity contribution < 1.29 is 14.6 Å². The van der Waals surface area contributed by atoms with E-state index in [9.17, 15) is 0 Å². The maximum atomic E-state index is 9.12. The maximum Gasteiger partial charge on any atom is 0.227 e. The number of nitrogens with zero attached hydrogens (tertiary/aromatic N) is 4. The van der Waals surface area contributed by atoms with Crippen molar-refractivity contribution in [1.29, 1.82) is 0 Å². The Morgan fingerprint density at radius 2 is 2.04 bits per heavy atom. The Morgan fingerprint density at radius 3 is 2.73 bits per heavy atom. The summed E-state index contributed by atoms with van der Waals surface area (Å²) in [5, 5.41) is 17.1. The molecule has 0 saturated carbocycles. The maximum absolute atomic E-state index is 9.12. The van der Waals surface area contributed by atoms with Crippen molar-refractivity contribution in [2.24, 2.45) is 0 Å². The Kier molecular flexibility index (Phi) is 5.43. The number of nitrogens with one attached hydrogen (secondary N) is 1. The number of halogens is 1. The summed E-state index contributed by atoms with van der Waals surface area (Å²) in [7, 11) is 3.21. The summed E-state index contributed by atoms with van der Waals surface area (Å²) in [5.74, 6) is 2.41. The number of rotatable bonds is 7. The Bertz CT molecular complexity index is 928. The lowest BCUT2D eigenvalue weighted by molar-refractivity contribution is 0.296. The lowest BCUT2D eigenvalue weighted by Gasteiger charge is -2.12. The number of hydrogen-bond acceptors (Lipinski definition) is 7. The number of hydrogen-bond donors (Lipinski definition) is 2. The molecule has 3 aromatic rings. The minimum Gasteiger partial charge on any atom is -0.497 e. The fourth-order valence-electron chi connectivity index (χ4n) is 2.55. The lowest BCUT2D eigenvalue weighted by atomic mass is 10.2. The minimum atomic E-state index is -0.0249. The quantitative estimate of drug-likeness (QED) is 0.610. The van der Waals surface area contributed by atoms with Gasteiger partial charge in [-0.25, -0.2) is 9.97 Å². The van der Waals surface area contributed by atoms with Crippen molar-refractivity contribution in [1.82, 2.24) is 19.6 Å². The van der Waals surface area contributed by atoms with Gasteiger partial charge in [0.05, 0.1) is 20.8 Å². The van der Waals surface area contributed by atoms with Crippen LogP contribution in [-0.4, -0.2) is 45.5 Å². The first-order valence-corrected chi connectivity index (χ1v) is 8.42. The summed E-state index contributed by atoms with van der Waals surface area (Å²) < 4.78 is 12.2. The standard InChI is InChI=1S/C17H20ClN5O3/c1-10-15(18)21-17(23-16(10)20-14(22-23)6-7-24)19-9-11-4-5-12(25-2)8-13(11)26-3/h4-5,8,24H,6-7,9H2,1-3H3,(H,19,21). The highest BCUT2D eigenvalue weighted by Gasteiger charge is 2.15. The third-order valence-electron chi connectivity index (χ3n) is 3.97. The predicted molar refractivity (Wildman–Crippen MR) is 98.2 cm³/mol.